The Hall–Kier alpha value is -4.21. The molecule has 0 radical (unpaired) electrons. The van der Waals surface area contributed by atoms with E-state index < -0.39 is 23.6 Å². The minimum atomic E-state index is -3.76. The molecule has 0 fully saturated rings. The quantitative estimate of drug-likeness (QED) is 0.507. The molecule has 4 rings (SSSR count). The van der Waals surface area contributed by atoms with Gasteiger partial charge in [-0.05, 0) is 68.3 Å². The highest BCUT2D eigenvalue weighted by molar-refractivity contribution is 5.98. The molecule has 1 aromatic heterocycles. The number of nitrogens with zero attached hydrogens (tertiary/aromatic N) is 1. The number of carboxylic acids is 1. The number of benzene rings is 2. The van der Waals surface area contributed by atoms with Crippen LogP contribution in [-0.4, -0.2) is 35.4 Å². The summed E-state index contributed by atoms with van der Waals surface area (Å²) in [4.78, 5) is 29.2. The number of aromatic nitrogens is 1. The summed E-state index contributed by atoms with van der Waals surface area (Å²) in [5.41, 5.74) is 0.969. The summed E-state index contributed by atoms with van der Waals surface area (Å²) in [5, 5.41) is 12.1. The maximum atomic E-state index is 13.4. The van der Waals surface area contributed by atoms with E-state index in [1.165, 1.54) is 43.5 Å². The van der Waals surface area contributed by atoms with Gasteiger partial charge in [-0.1, -0.05) is 12.1 Å². The third-order valence-electron chi connectivity index (χ3n) is 5.73. The Morgan fingerprint density at radius 2 is 1.77 bits per heavy atom. The van der Waals surface area contributed by atoms with Gasteiger partial charge in [0, 0.05) is 5.56 Å². The van der Waals surface area contributed by atoms with E-state index >= 15 is 0 Å². The summed E-state index contributed by atoms with van der Waals surface area (Å²) in [6.07, 6.45) is -3.76. The molecule has 0 spiro atoms. The van der Waals surface area contributed by atoms with E-state index in [9.17, 15) is 23.5 Å². The lowest BCUT2D eigenvalue weighted by atomic mass is 9.83. The second-order valence-electron chi connectivity index (χ2n) is 8.49. The topological polar surface area (TPSA) is 107 Å². The van der Waals surface area contributed by atoms with Gasteiger partial charge in [-0.15, -0.1) is 8.78 Å². The number of rotatable bonds is 6. The van der Waals surface area contributed by atoms with Crippen LogP contribution in [0.1, 0.15) is 35.3 Å². The van der Waals surface area contributed by atoms with Crippen molar-refractivity contribution in [2.75, 3.05) is 12.4 Å². The van der Waals surface area contributed by atoms with Crippen LogP contribution < -0.4 is 19.5 Å². The number of aryl methyl sites for hydroxylation is 1. The average Bonchev–Trinajstić information content (AvgIpc) is 3.12. The third kappa shape index (κ3) is 4.59. The highest BCUT2D eigenvalue weighted by Crippen LogP contribution is 2.43. The second kappa shape index (κ2) is 8.53. The zero-order chi connectivity index (χ0) is 25.5. The summed E-state index contributed by atoms with van der Waals surface area (Å²) in [7, 11) is 1.46. The molecule has 0 saturated carbocycles. The van der Waals surface area contributed by atoms with E-state index in [1.807, 2.05) is 0 Å². The molecule has 35 heavy (non-hydrogen) atoms. The molecule has 2 heterocycles. The molecule has 0 unspecified atom stereocenters. The molecule has 182 valence electrons. The van der Waals surface area contributed by atoms with Crippen LogP contribution in [0.15, 0.2) is 48.5 Å². The molecule has 2 aromatic carbocycles. The van der Waals surface area contributed by atoms with Gasteiger partial charge in [0.1, 0.15) is 11.6 Å². The Bertz CT molecular complexity index is 1340. The van der Waals surface area contributed by atoms with Crippen LogP contribution in [0.3, 0.4) is 0 Å². The van der Waals surface area contributed by atoms with Crippen LogP contribution in [0.2, 0.25) is 0 Å². The van der Waals surface area contributed by atoms with Gasteiger partial charge < -0.3 is 24.6 Å². The number of methoxy groups -OCH3 is 1. The molecule has 0 aliphatic carbocycles. The average molecular weight is 484 g/mol. The second-order valence-corrected chi connectivity index (χ2v) is 8.49. The lowest BCUT2D eigenvalue weighted by Crippen LogP contribution is -2.35. The Balaban J connectivity index is 1.64. The fraction of sp³-hybridized carbons (Fsp3) is 0.240. The van der Waals surface area contributed by atoms with E-state index in [1.54, 1.807) is 32.9 Å². The van der Waals surface area contributed by atoms with Gasteiger partial charge in [-0.2, -0.15) is 0 Å². The number of hydrogen-bond donors (Lipinski definition) is 2. The summed E-state index contributed by atoms with van der Waals surface area (Å²) < 4.78 is 41.0. The van der Waals surface area contributed by atoms with Crippen molar-refractivity contribution in [3.63, 3.8) is 0 Å². The number of anilines is 1. The van der Waals surface area contributed by atoms with Gasteiger partial charge in [0.25, 0.3) is 0 Å². The Morgan fingerprint density at radius 3 is 2.46 bits per heavy atom. The van der Waals surface area contributed by atoms with Crippen LogP contribution in [0.25, 0.3) is 11.3 Å². The van der Waals surface area contributed by atoms with Gasteiger partial charge in [-0.25, -0.2) is 9.78 Å². The van der Waals surface area contributed by atoms with Crippen LogP contribution >= 0.6 is 0 Å². The van der Waals surface area contributed by atoms with Crippen molar-refractivity contribution in [1.82, 2.24) is 4.98 Å². The zero-order valence-corrected chi connectivity index (χ0v) is 19.3. The van der Waals surface area contributed by atoms with E-state index in [0.29, 0.717) is 22.6 Å². The fourth-order valence-corrected chi connectivity index (χ4v) is 3.64. The molecule has 3 aromatic rings. The lowest BCUT2D eigenvalue weighted by Gasteiger charge is -2.24. The highest BCUT2D eigenvalue weighted by atomic mass is 19.3. The number of alkyl halides is 2. The lowest BCUT2D eigenvalue weighted by molar-refractivity contribution is -0.286. The monoisotopic (exact) mass is 484 g/mol. The number of halogens is 2. The van der Waals surface area contributed by atoms with Crippen LogP contribution in [0, 0.1) is 6.92 Å². The molecule has 1 amide bonds. The SMILES string of the molecule is COc1ccc(C(=O)O)cc1-c1nc(NC(=O)C(C)(C)c2ccc3c(c2)OC(F)(F)O3)ccc1C. The van der Waals surface area contributed by atoms with E-state index in [4.69, 9.17) is 4.74 Å². The number of carbonyl (C=O) groups is 2. The van der Waals surface area contributed by atoms with Crippen molar-refractivity contribution >= 4 is 17.7 Å². The number of aromatic carboxylic acids is 1. The summed E-state index contributed by atoms with van der Waals surface area (Å²) in [6, 6.07) is 11.9. The number of carboxylic acid groups (broad SMARTS) is 1. The van der Waals surface area contributed by atoms with Crippen molar-refractivity contribution in [3.8, 4) is 28.5 Å². The Kier molecular flexibility index (Phi) is 5.84. The first-order valence-corrected chi connectivity index (χ1v) is 10.5. The van der Waals surface area contributed by atoms with Crippen molar-refractivity contribution < 1.29 is 37.7 Å². The van der Waals surface area contributed by atoms with Crippen molar-refractivity contribution in [1.29, 1.82) is 0 Å². The first kappa shape index (κ1) is 23.9. The normalized spacial score (nSPS) is 13.9. The van der Waals surface area contributed by atoms with E-state index in [-0.39, 0.29) is 22.9 Å². The van der Waals surface area contributed by atoms with Crippen LogP contribution in [0.4, 0.5) is 14.6 Å². The molecular weight excluding hydrogens is 462 g/mol. The number of amides is 1. The van der Waals surface area contributed by atoms with Gasteiger partial charge in [0.05, 0.1) is 23.8 Å². The number of fused-ring (bicyclic) bond motifs is 1. The molecule has 2 N–H and O–H groups in total. The predicted octanol–water partition coefficient (Wildman–Crippen LogP) is 5.00. The maximum absolute atomic E-state index is 13.4. The zero-order valence-electron chi connectivity index (χ0n) is 19.3. The number of carbonyl (C=O) groups excluding carboxylic acids is 1. The van der Waals surface area contributed by atoms with Crippen molar-refractivity contribution in [2.45, 2.75) is 32.5 Å². The Morgan fingerprint density at radius 1 is 1.06 bits per heavy atom. The molecule has 10 heteroatoms. The minimum Gasteiger partial charge on any atom is -0.496 e. The fourth-order valence-electron chi connectivity index (χ4n) is 3.64. The predicted molar refractivity (Wildman–Crippen MR) is 122 cm³/mol. The van der Waals surface area contributed by atoms with E-state index in [2.05, 4.69) is 19.8 Å². The number of pyridine rings is 1. The smallest absolute Gasteiger partial charge is 0.496 e. The minimum absolute atomic E-state index is 0.0611. The van der Waals surface area contributed by atoms with Crippen molar-refractivity contribution in [2.24, 2.45) is 0 Å². The number of ether oxygens (including phenoxy) is 3. The van der Waals surface area contributed by atoms with E-state index in [0.717, 1.165) is 5.56 Å². The maximum Gasteiger partial charge on any atom is 0.586 e. The summed E-state index contributed by atoms with van der Waals surface area (Å²) in [6.45, 7) is 5.06. The Labute approximate surface area is 199 Å². The molecule has 1 aliphatic rings. The molecule has 0 bridgehead atoms. The summed E-state index contributed by atoms with van der Waals surface area (Å²) >= 11 is 0. The highest BCUT2D eigenvalue weighted by Gasteiger charge is 2.44. The van der Waals surface area contributed by atoms with Gasteiger partial charge in [-0.3, -0.25) is 4.79 Å². The van der Waals surface area contributed by atoms with Crippen LogP contribution in [-0.2, 0) is 10.2 Å². The standard InChI is InChI=1S/C25H22F2N2O6/c1-13-5-10-20(28-21(13)16-11-14(22(30)31)6-8-17(16)33-4)29-23(32)24(2,3)15-7-9-18-19(12-15)35-25(26,27)34-18/h5-12H,1-4H3,(H,30,31)(H,28,29,32). The largest absolute Gasteiger partial charge is 0.586 e. The molecule has 0 saturated heterocycles. The molecular formula is C25H22F2N2O6. The molecule has 1 aliphatic heterocycles. The van der Waals surface area contributed by atoms with Crippen LogP contribution in [0.5, 0.6) is 17.2 Å². The van der Waals surface area contributed by atoms with Gasteiger partial charge in [0.2, 0.25) is 5.91 Å². The molecule has 0 atom stereocenters. The first-order valence-electron chi connectivity index (χ1n) is 10.5. The summed E-state index contributed by atoms with van der Waals surface area (Å²) in [5.74, 6) is -1.17. The number of hydrogen-bond acceptors (Lipinski definition) is 6. The number of nitrogens with one attached hydrogen (secondary N) is 1. The van der Waals surface area contributed by atoms with Crippen molar-refractivity contribution in [3.05, 3.63) is 65.2 Å². The molecule has 8 nitrogen and oxygen atoms in total. The third-order valence-corrected chi connectivity index (χ3v) is 5.73. The van der Waals surface area contributed by atoms with Gasteiger partial charge in [0.15, 0.2) is 11.5 Å². The first-order chi connectivity index (χ1) is 16.4. The van der Waals surface area contributed by atoms with Gasteiger partial charge >= 0.3 is 12.3 Å².